The number of carbonyl (C=O) groups is 1. The summed E-state index contributed by atoms with van der Waals surface area (Å²) in [5, 5.41) is 3.02. The maximum absolute atomic E-state index is 12.4. The number of amides is 1. The topological polar surface area (TPSA) is 41.6 Å². The monoisotopic (exact) mass is 364 g/mol. The molecule has 1 N–H and O–H groups in total. The zero-order valence-corrected chi connectivity index (χ0v) is 16.0. The quantitative estimate of drug-likeness (QED) is 0.825. The van der Waals surface area contributed by atoms with Crippen molar-refractivity contribution in [1.82, 2.24) is 4.90 Å². The van der Waals surface area contributed by atoms with Crippen molar-refractivity contribution in [3.05, 3.63) is 59.7 Å². The fourth-order valence-corrected chi connectivity index (χ4v) is 4.39. The van der Waals surface area contributed by atoms with Gasteiger partial charge in [-0.1, -0.05) is 30.3 Å². The zero-order valence-electron chi connectivity index (χ0n) is 16.0. The van der Waals surface area contributed by atoms with Gasteiger partial charge in [0.1, 0.15) is 5.75 Å². The minimum atomic E-state index is -0.0301. The van der Waals surface area contributed by atoms with E-state index in [2.05, 4.69) is 40.5 Å². The number of anilines is 1. The van der Waals surface area contributed by atoms with Crippen molar-refractivity contribution in [2.45, 2.75) is 38.1 Å². The highest BCUT2D eigenvalue weighted by molar-refractivity contribution is 6.03. The predicted molar refractivity (Wildman–Crippen MR) is 108 cm³/mol. The third-order valence-corrected chi connectivity index (χ3v) is 6.03. The molecule has 4 heteroatoms. The van der Waals surface area contributed by atoms with E-state index in [1.165, 1.54) is 18.4 Å². The molecule has 1 atom stereocenters. The molecule has 0 radical (unpaired) electrons. The SMILES string of the molecule is COc1ccc2c(c1)C(CCC1CCN(Cc3ccccc3)CC1)C(=O)N2. The first-order chi connectivity index (χ1) is 13.2. The number of carbonyl (C=O) groups excluding carboxylic acids is 1. The van der Waals surface area contributed by atoms with Gasteiger partial charge in [-0.2, -0.15) is 0 Å². The lowest BCUT2D eigenvalue weighted by molar-refractivity contribution is -0.117. The summed E-state index contributed by atoms with van der Waals surface area (Å²) in [5.74, 6) is 1.65. The molecule has 2 aromatic carbocycles. The molecule has 2 aliphatic rings. The molecule has 142 valence electrons. The van der Waals surface area contributed by atoms with Crippen LogP contribution in [0, 0.1) is 5.92 Å². The number of nitrogens with zero attached hydrogens (tertiary/aromatic N) is 1. The van der Waals surface area contributed by atoms with E-state index in [4.69, 9.17) is 4.74 Å². The summed E-state index contributed by atoms with van der Waals surface area (Å²) < 4.78 is 5.33. The molecule has 1 fully saturated rings. The van der Waals surface area contributed by atoms with Crippen LogP contribution in [-0.4, -0.2) is 31.0 Å². The Morgan fingerprint density at radius 2 is 1.85 bits per heavy atom. The van der Waals surface area contributed by atoms with Crippen molar-refractivity contribution >= 4 is 11.6 Å². The van der Waals surface area contributed by atoms with E-state index in [1.54, 1.807) is 7.11 Å². The molecular weight excluding hydrogens is 336 g/mol. The van der Waals surface area contributed by atoms with Gasteiger partial charge in [0.25, 0.3) is 0 Å². The van der Waals surface area contributed by atoms with Crippen LogP contribution < -0.4 is 10.1 Å². The molecule has 1 amide bonds. The van der Waals surface area contributed by atoms with Gasteiger partial charge < -0.3 is 10.1 Å². The number of rotatable bonds is 6. The van der Waals surface area contributed by atoms with Gasteiger partial charge in [-0.25, -0.2) is 0 Å². The van der Waals surface area contributed by atoms with Crippen LogP contribution in [-0.2, 0) is 11.3 Å². The summed E-state index contributed by atoms with van der Waals surface area (Å²) in [4.78, 5) is 14.9. The number of hydrogen-bond donors (Lipinski definition) is 1. The van der Waals surface area contributed by atoms with Gasteiger partial charge in [0.2, 0.25) is 5.91 Å². The summed E-state index contributed by atoms with van der Waals surface area (Å²) in [6, 6.07) is 16.6. The highest BCUT2D eigenvalue weighted by Crippen LogP contribution is 2.39. The minimum Gasteiger partial charge on any atom is -0.497 e. The lowest BCUT2D eigenvalue weighted by Gasteiger charge is -2.32. The lowest BCUT2D eigenvalue weighted by Crippen LogP contribution is -2.33. The van der Waals surface area contributed by atoms with Crippen molar-refractivity contribution in [1.29, 1.82) is 0 Å². The Hall–Kier alpha value is -2.33. The first kappa shape index (κ1) is 18.1. The molecule has 0 aromatic heterocycles. The van der Waals surface area contributed by atoms with Crippen molar-refractivity contribution in [3.8, 4) is 5.75 Å². The number of likely N-dealkylation sites (tertiary alicyclic amines) is 1. The molecule has 4 nitrogen and oxygen atoms in total. The van der Waals surface area contributed by atoms with Crippen LogP contribution in [0.25, 0.3) is 0 Å². The molecule has 2 aliphatic heterocycles. The lowest BCUT2D eigenvalue weighted by atomic mass is 9.86. The Morgan fingerprint density at radius 1 is 1.07 bits per heavy atom. The Bertz CT molecular complexity index is 782. The third-order valence-electron chi connectivity index (χ3n) is 6.03. The van der Waals surface area contributed by atoms with Gasteiger partial charge in [-0.3, -0.25) is 9.69 Å². The predicted octanol–water partition coefficient (Wildman–Crippen LogP) is 4.42. The van der Waals surface area contributed by atoms with Crippen LogP contribution in [0.3, 0.4) is 0 Å². The largest absolute Gasteiger partial charge is 0.497 e. The fraction of sp³-hybridized carbons (Fsp3) is 0.435. The molecule has 0 bridgehead atoms. The number of piperidine rings is 1. The van der Waals surface area contributed by atoms with Gasteiger partial charge in [0.05, 0.1) is 13.0 Å². The maximum atomic E-state index is 12.4. The average molecular weight is 364 g/mol. The van der Waals surface area contributed by atoms with Crippen LogP contribution in [0.5, 0.6) is 5.75 Å². The van der Waals surface area contributed by atoms with Crippen molar-refractivity contribution in [2.75, 3.05) is 25.5 Å². The Labute approximate surface area is 161 Å². The second-order valence-corrected chi connectivity index (χ2v) is 7.78. The molecule has 1 saturated heterocycles. The highest BCUT2D eigenvalue weighted by atomic mass is 16.5. The van der Waals surface area contributed by atoms with Gasteiger partial charge in [-0.15, -0.1) is 0 Å². The van der Waals surface area contributed by atoms with Gasteiger partial charge >= 0.3 is 0 Å². The van der Waals surface area contributed by atoms with E-state index in [1.807, 2.05) is 18.2 Å². The standard InChI is InChI=1S/C23H28N2O2/c1-27-19-8-10-22-21(15-19)20(23(26)24-22)9-7-17-11-13-25(14-12-17)16-18-5-3-2-4-6-18/h2-6,8,10,15,17,20H,7,9,11-14,16H2,1H3,(H,24,26). The van der Waals surface area contributed by atoms with E-state index >= 15 is 0 Å². The minimum absolute atomic E-state index is 0.0301. The molecule has 2 aromatic rings. The number of methoxy groups -OCH3 is 1. The Kier molecular flexibility index (Phi) is 5.44. The average Bonchev–Trinajstić information content (AvgIpc) is 3.02. The Balaban J connectivity index is 1.29. The number of ether oxygens (including phenoxy) is 1. The van der Waals surface area contributed by atoms with E-state index in [0.29, 0.717) is 0 Å². The number of nitrogens with one attached hydrogen (secondary N) is 1. The summed E-state index contributed by atoms with van der Waals surface area (Å²) in [5.41, 5.74) is 3.44. The molecule has 2 heterocycles. The Morgan fingerprint density at radius 3 is 2.59 bits per heavy atom. The van der Waals surface area contributed by atoms with E-state index < -0.39 is 0 Å². The number of hydrogen-bond acceptors (Lipinski definition) is 3. The van der Waals surface area contributed by atoms with Gasteiger partial charge in [0.15, 0.2) is 0 Å². The molecule has 0 saturated carbocycles. The summed E-state index contributed by atoms with van der Waals surface area (Å²) in [6.07, 6.45) is 4.50. The second kappa shape index (κ2) is 8.13. The van der Waals surface area contributed by atoms with Crippen molar-refractivity contribution in [3.63, 3.8) is 0 Å². The zero-order chi connectivity index (χ0) is 18.6. The normalized spacial score (nSPS) is 20.3. The summed E-state index contributed by atoms with van der Waals surface area (Å²) >= 11 is 0. The second-order valence-electron chi connectivity index (χ2n) is 7.78. The van der Waals surface area contributed by atoms with Crippen LogP contribution in [0.15, 0.2) is 48.5 Å². The van der Waals surface area contributed by atoms with Gasteiger partial charge in [-0.05, 0) is 74.0 Å². The number of fused-ring (bicyclic) bond motifs is 1. The van der Waals surface area contributed by atoms with E-state index in [-0.39, 0.29) is 11.8 Å². The van der Waals surface area contributed by atoms with Gasteiger partial charge in [0, 0.05) is 12.2 Å². The first-order valence-corrected chi connectivity index (χ1v) is 9.98. The van der Waals surface area contributed by atoms with Crippen LogP contribution in [0.4, 0.5) is 5.69 Å². The summed E-state index contributed by atoms with van der Waals surface area (Å²) in [6.45, 7) is 3.35. The molecule has 27 heavy (non-hydrogen) atoms. The molecule has 0 spiro atoms. The van der Waals surface area contributed by atoms with Crippen LogP contribution in [0.1, 0.15) is 42.7 Å². The fourth-order valence-electron chi connectivity index (χ4n) is 4.39. The maximum Gasteiger partial charge on any atom is 0.232 e. The third kappa shape index (κ3) is 4.16. The van der Waals surface area contributed by atoms with Crippen molar-refractivity contribution < 1.29 is 9.53 Å². The van der Waals surface area contributed by atoms with E-state index in [9.17, 15) is 4.79 Å². The molecule has 1 unspecified atom stereocenters. The van der Waals surface area contributed by atoms with E-state index in [0.717, 1.165) is 55.4 Å². The highest BCUT2D eigenvalue weighted by Gasteiger charge is 2.31. The van der Waals surface area contributed by atoms with Crippen LogP contribution in [0.2, 0.25) is 0 Å². The van der Waals surface area contributed by atoms with Crippen molar-refractivity contribution in [2.24, 2.45) is 5.92 Å². The first-order valence-electron chi connectivity index (χ1n) is 9.98. The van der Waals surface area contributed by atoms with Crippen LogP contribution >= 0.6 is 0 Å². The summed E-state index contributed by atoms with van der Waals surface area (Å²) in [7, 11) is 1.67. The molecule has 0 aliphatic carbocycles. The number of benzene rings is 2. The smallest absolute Gasteiger partial charge is 0.232 e. The molecule has 4 rings (SSSR count). The molecular formula is C23H28N2O2.